The van der Waals surface area contributed by atoms with Crippen LogP contribution in [0.25, 0.3) is 11.7 Å². The molecule has 10 heteroatoms. The molecule has 2 aromatic heterocycles. The molecule has 2 N–H and O–H groups in total. The Balaban J connectivity index is 1.53. The molecule has 2 bridgehead atoms. The molecule has 2 aliphatic heterocycles. The number of amides is 2. The second-order valence-electron chi connectivity index (χ2n) is 9.59. The molecular formula is C23H29N5O5. The molecule has 10 nitrogen and oxygen atoms in total. The van der Waals surface area contributed by atoms with Crippen LogP contribution in [0.4, 0.5) is 0 Å². The summed E-state index contributed by atoms with van der Waals surface area (Å²) in [4.78, 5) is 40.8. The Kier molecular flexibility index (Phi) is 5.48. The van der Waals surface area contributed by atoms with E-state index in [1.165, 1.54) is 21.4 Å². The van der Waals surface area contributed by atoms with Gasteiger partial charge in [-0.2, -0.15) is 9.61 Å². The van der Waals surface area contributed by atoms with Crippen molar-refractivity contribution in [2.24, 2.45) is 5.92 Å². The lowest BCUT2D eigenvalue weighted by Crippen LogP contribution is -2.48. The molecule has 2 atom stereocenters. The number of aromatic hydroxyl groups is 1. The Labute approximate surface area is 190 Å². The summed E-state index contributed by atoms with van der Waals surface area (Å²) >= 11 is 0. The quantitative estimate of drug-likeness (QED) is 0.631. The number of ether oxygens (including phenoxy) is 1. The minimum atomic E-state index is -0.593. The summed E-state index contributed by atoms with van der Waals surface area (Å²) in [7, 11) is 0. The monoisotopic (exact) mass is 455 g/mol. The van der Waals surface area contributed by atoms with Gasteiger partial charge in [-0.05, 0) is 37.7 Å². The first-order chi connectivity index (χ1) is 15.8. The molecule has 4 heterocycles. The summed E-state index contributed by atoms with van der Waals surface area (Å²) in [5, 5.41) is 17.8. The maximum atomic E-state index is 13.3. The zero-order chi connectivity index (χ0) is 23.3. The molecule has 1 aliphatic carbocycles. The van der Waals surface area contributed by atoms with Crippen molar-refractivity contribution in [3.8, 4) is 5.88 Å². The summed E-state index contributed by atoms with van der Waals surface area (Å²) in [6.07, 6.45) is 8.21. The first-order valence-corrected chi connectivity index (χ1v) is 11.6. The Morgan fingerprint density at radius 2 is 1.94 bits per heavy atom. The molecule has 1 saturated carbocycles. The average Bonchev–Trinajstić information content (AvgIpc) is 3.42. The Bertz CT molecular complexity index is 1180. The van der Waals surface area contributed by atoms with Crippen molar-refractivity contribution < 1.29 is 19.4 Å². The van der Waals surface area contributed by atoms with Gasteiger partial charge in [-0.3, -0.25) is 19.0 Å². The lowest BCUT2D eigenvalue weighted by Gasteiger charge is -2.33. The lowest BCUT2D eigenvalue weighted by molar-refractivity contribution is -0.135. The van der Waals surface area contributed by atoms with Crippen molar-refractivity contribution in [2.75, 3.05) is 13.2 Å². The van der Waals surface area contributed by atoms with Gasteiger partial charge in [0.15, 0.2) is 5.56 Å². The number of fused-ring (bicyclic) bond motifs is 3. The van der Waals surface area contributed by atoms with E-state index in [9.17, 15) is 19.5 Å². The Hall–Kier alpha value is -3.14. The zero-order valence-corrected chi connectivity index (χ0v) is 18.9. The molecule has 33 heavy (non-hydrogen) atoms. The highest BCUT2D eigenvalue weighted by atomic mass is 16.5. The maximum absolute atomic E-state index is 13.3. The number of morpholine rings is 1. The standard InChI is InChI=1S/C23H29N5O5/c1-13(2)10-26-21-14(3-8-18(29)27-16-6-7-17(27)12-33-11-16)9-24-28(21)23(32)19(22(26)31)20(30)25-15-4-5-15/h3,8-9,13,15-17,32H,4-7,10-12H2,1-2H3,(H,25,30)/b8-3+. The van der Waals surface area contributed by atoms with E-state index in [4.69, 9.17) is 4.74 Å². The van der Waals surface area contributed by atoms with Crippen molar-refractivity contribution in [3.05, 3.63) is 33.8 Å². The Morgan fingerprint density at radius 3 is 2.58 bits per heavy atom. The zero-order valence-electron chi connectivity index (χ0n) is 18.9. The number of carbonyl (C=O) groups excluding carboxylic acids is 2. The highest BCUT2D eigenvalue weighted by Crippen LogP contribution is 2.29. The van der Waals surface area contributed by atoms with Crippen molar-refractivity contribution in [3.63, 3.8) is 0 Å². The van der Waals surface area contributed by atoms with Gasteiger partial charge in [-0.15, -0.1) is 0 Å². The van der Waals surface area contributed by atoms with E-state index in [-0.39, 0.29) is 35.5 Å². The highest BCUT2D eigenvalue weighted by Gasteiger charge is 2.39. The van der Waals surface area contributed by atoms with Gasteiger partial charge < -0.3 is 20.1 Å². The maximum Gasteiger partial charge on any atom is 0.270 e. The number of hydrogen-bond donors (Lipinski definition) is 2. The predicted octanol–water partition coefficient (Wildman–Crippen LogP) is 1.15. The molecule has 3 aliphatic rings. The van der Waals surface area contributed by atoms with Gasteiger partial charge in [-0.25, -0.2) is 0 Å². The van der Waals surface area contributed by atoms with Gasteiger partial charge in [0, 0.05) is 24.2 Å². The van der Waals surface area contributed by atoms with E-state index in [2.05, 4.69) is 10.4 Å². The van der Waals surface area contributed by atoms with Crippen LogP contribution in [-0.2, 0) is 16.1 Å². The molecule has 0 radical (unpaired) electrons. The molecular weight excluding hydrogens is 426 g/mol. The van der Waals surface area contributed by atoms with Crippen LogP contribution in [0.3, 0.4) is 0 Å². The fourth-order valence-corrected chi connectivity index (χ4v) is 4.78. The second-order valence-corrected chi connectivity index (χ2v) is 9.59. The first kappa shape index (κ1) is 21.7. The van der Waals surface area contributed by atoms with Crippen LogP contribution in [0.5, 0.6) is 5.88 Å². The summed E-state index contributed by atoms with van der Waals surface area (Å²) < 4.78 is 8.22. The molecule has 176 valence electrons. The molecule has 5 rings (SSSR count). The fourth-order valence-electron chi connectivity index (χ4n) is 4.78. The minimum absolute atomic E-state index is 0.0446. The van der Waals surface area contributed by atoms with E-state index in [0.717, 1.165) is 25.7 Å². The molecule has 2 aromatic rings. The third-order valence-electron chi connectivity index (χ3n) is 6.50. The van der Waals surface area contributed by atoms with Crippen molar-refractivity contribution in [2.45, 2.75) is 64.2 Å². The minimum Gasteiger partial charge on any atom is -0.492 e. The van der Waals surface area contributed by atoms with Gasteiger partial charge in [-0.1, -0.05) is 13.8 Å². The highest BCUT2D eigenvalue weighted by molar-refractivity contribution is 5.97. The van der Waals surface area contributed by atoms with Gasteiger partial charge in [0.1, 0.15) is 5.65 Å². The third kappa shape index (κ3) is 3.92. The van der Waals surface area contributed by atoms with Crippen LogP contribution in [0.15, 0.2) is 17.1 Å². The molecule has 2 unspecified atom stereocenters. The second kappa shape index (κ2) is 8.33. The largest absolute Gasteiger partial charge is 0.492 e. The molecule has 3 fully saturated rings. The van der Waals surface area contributed by atoms with Gasteiger partial charge >= 0.3 is 0 Å². The van der Waals surface area contributed by atoms with Crippen molar-refractivity contribution >= 4 is 23.5 Å². The molecule has 0 aromatic carbocycles. The summed E-state index contributed by atoms with van der Waals surface area (Å²) in [6.45, 7) is 5.37. The summed E-state index contributed by atoms with van der Waals surface area (Å²) in [5.41, 5.74) is -0.0106. The predicted molar refractivity (Wildman–Crippen MR) is 120 cm³/mol. The van der Waals surface area contributed by atoms with Crippen LogP contribution < -0.4 is 10.9 Å². The number of aromatic nitrogens is 3. The van der Waals surface area contributed by atoms with Crippen LogP contribution >= 0.6 is 0 Å². The van der Waals surface area contributed by atoms with Crippen molar-refractivity contribution in [1.82, 2.24) is 24.4 Å². The van der Waals surface area contributed by atoms with E-state index in [0.29, 0.717) is 31.0 Å². The van der Waals surface area contributed by atoms with E-state index in [1.54, 1.807) is 6.08 Å². The molecule has 2 amide bonds. The number of carbonyl (C=O) groups is 2. The number of nitrogens with zero attached hydrogens (tertiary/aromatic N) is 4. The van der Waals surface area contributed by atoms with Crippen LogP contribution in [0.1, 0.15) is 55.5 Å². The number of rotatable bonds is 6. The average molecular weight is 456 g/mol. The summed E-state index contributed by atoms with van der Waals surface area (Å²) in [5.74, 6) is -1.09. The topological polar surface area (TPSA) is 118 Å². The fraction of sp³-hybridized carbons (Fsp3) is 0.565. The van der Waals surface area contributed by atoms with E-state index in [1.807, 2.05) is 18.7 Å². The SMILES string of the molecule is CC(C)Cn1c(=O)c(C(=O)NC2CC2)c(O)n2ncc(/C=C/C(=O)N3C4CCC3COC4)c12. The first-order valence-electron chi connectivity index (χ1n) is 11.6. The molecule has 2 saturated heterocycles. The summed E-state index contributed by atoms with van der Waals surface area (Å²) in [6, 6.07) is 0.240. The van der Waals surface area contributed by atoms with Gasteiger partial charge in [0.25, 0.3) is 11.5 Å². The number of nitrogens with one attached hydrogen (secondary N) is 1. The van der Waals surface area contributed by atoms with E-state index < -0.39 is 17.3 Å². The Morgan fingerprint density at radius 1 is 1.24 bits per heavy atom. The van der Waals surface area contributed by atoms with Crippen molar-refractivity contribution in [1.29, 1.82) is 0 Å². The normalized spacial score (nSPS) is 22.6. The van der Waals surface area contributed by atoms with Crippen LogP contribution in [-0.4, -0.2) is 67.3 Å². The van der Waals surface area contributed by atoms with Gasteiger partial charge in [0.2, 0.25) is 11.8 Å². The van der Waals surface area contributed by atoms with Crippen LogP contribution in [0.2, 0.25) is 0 Å². The third-order valence-corrected chi connectivity index (χ3v) is 6.50. The lowest BCUT2D eigenvalue weighted by atomic mass is 10.2. The molecule has 0 spiro atoms. The number of hydrogen-bond acceptors (Lipinski definition) is 6. The van der Waals surface area contributed by atoms with Gasteiger partial charge in [0.05, 0.1) is 31.5 Å². The smallest absolute Gasteiger partial charge is 0.270 e. The van der Waals surface area contributed by atoms with E-state index >= 15 is 0 Å². The van der Waals surface area contributed by atoms with Crippen LogP contribution in [0, 0.1) is 5.92 Å².